The standard InChI is InChI=1S/C17H31N3O/c1-5-8-14-9-10-15(12-18)16(11-14)19(4)13-17(21)20(6-2)7-3/h14-16H,5-11,13H2,1-4H3. The van der Waals surface area contributed by atoms with E-state index in [2.05, 4.69) is 17.9 Å². The number of likely N-dealkylation sites (N-methyl/N-ethyl adjacent to an activating group) is 2. The van der Waals surface area contributed by atoms with Crippen molar-refractivity contribution in [3.63, 3.8) is 0 Å². The highest BCUT2D eigenvalue weighted by Gasteiger charge is 2.33. The average Bonchev–Trinajstić information content (AvgIpc) is 2.48. The number of nitriles is 1. The molecule has 0 radical (unpaired) electrons. The molecule has 3 unspecified atom stereocenters. The van der Waals surface area contributed by atoms with Gasteiger partial charge in [-0.15, -0.1) is 0 Å². The molecule has 3 atom stereocenters. The average molecular weight is 293 g/mol. The lowest BCUT2D eigenvalue weighted by Crippen LogP contribution is -2.47. The van der Waals surface area contributed by atoms with Gasteiger partial charge in [0.25, 0.3) is 0 Å². The smallest absolute Gasteiger partial charge is 0.236 e. The second kappa shape index (κ2) is 9.04. The SMILES string of the molecule is CCCC1CCC(C#N)C(N(C)CC(=O)N(CC)CC)C1. The lowest BCUT2D eigenvalue weighted by Gasteiger charge is -2.38. The molecule has 4 heteroatoms. The minimum Gasteiger partial charge on any atom is -0.342 e. The Morgan fingerprint density at radius 1 is 1.24 bits per heavy atom. The van der Waals surface area contributed by atoms with Gasteiger partial charge < -0.3 is 4.90 Å². The number of amides is 1. The van der Waals surface area contributed by atoms with E-state index < -0.39 is 0 Å². The first-order valence-corrected chi connectivity index (χ1v) is 8.44. The van der Waals surface area contributed by atoms with E-state index in [1.54, 1.807) is 0 Å². The van der Waals surface area contributed by atoms with Gasteiger partial charge in [0.15, 0.2) is 0 Å². The molecule has 1 fully saturated rings. The van der Waals surface area contributed by atoms with Crippen molar-refractivity contribution >= 4 is 5.91 Å². The van der Waals surface area contributed by atoms with Crippen LogP contribution < -0.4 is 0 Å². The zero-order valence-corrected chi connectivity index (χ0v) is 14.1. The molecule has 1 aliphatic carbocycles. The molecule has 21 heavy (non-hydrogen) atoms. The summed E-state index contributed by atoms with van der Waals surface area (Å²) in [5, 5.41) is 9.39. The molecule has 0 aromatic rings. The summed E-state index contributed by atoms with van der Waals surface area (Å²) in [5.41, 5.74) is 0. The van der Waals surface area contributed by atoms with Crippen LogP contribution in [0.5, 0.6) is 0 Å². The summed E-state index contributed by atoms with van der Waals surface area (Å²) in [6, 6.07) is 2.70. The highest BCUT2D eigenvalue weighted by molar-refractivity contribution is 5.78. The van der Waals surface area contributed by atoms with E-state index in [1.165, 1.54) is 19.3 Å². The van der Waals surface area contributed by atoms with E-state index in [0.717, 1.165) is 31.8 Å². The van der Waals surface area contributed by atoms with E-state index in [9.17, 15) is 10.1 Å². The molecule has 0 bridgehead atoms. The molecule has 120 valence electrons. The van der Waals surface area contributed by atoms with Gasteiger partial charge in [0, 0.05) is 19.1 Å². The molecule has 1 saturated carbocycles. The van der Waals surface area contributed by atoms with Crippen molar-refractivity contribution in [3.8, 4) is 6.07 Å². The number of hydrogen-bond donors (Lipinski definition) is 0. The van der Waals surface area contributed by atoms with Crippen LogP contribution in [-0.2, 0) is 4.79 Å². The number of nitrogens with zero attached hydrogens (tertiary/aromatic N) is 3. The summed E-state index contributed by atoms with van der Waals surface area (Å²) in [6.07, 6.45) is 5.66. The molecule has 1 aliphatic rings. The minimum atomic E-state index is 0.0765. The van der Waals surface area contributed by atoms with Gasteiger partial charge in [-0.2, -0.15) is 5.26 Å². The second-order valence-electron chi connectivity index (χ2n) is 6.25. The fourth-order valence-corrected chi connectivity index (χ4v) is 3.55. The molecule has 4 nitrogen and oxygen atoms in total. The Labute approximate surface area is 130 Å². The minimum absolute atomic E-state index is 0.0765. The third-order valence-corrected chi connectivity index (χ3v) is 4.85. The van der Waals surface area contributed by atoms with Gasteiger partial charge in [0.05, 0.1) is 18.5 Å². The molecule has 0 saturated heterocycles. The van der Waals surface area contributed by atoms with Crippen molar-refractivity contribution in [1.82, 2.24) is 9.80 Å². The third-order valence-electron chi connectivity index (χ3n) is 4.85. The van der Waals surface area contributed by atoms with Gasteiger partial charge >= 0.3 is 0 Å². The largest absolute Gasteiger partial charge is 0.342 e. The van der Waals surface area contributed by atoms with Crippen LogP contribution >= 0.6 is 0 Å². The van der Waals surface area contributed by atoms with Gasteiger partial charge in [0.1, 0.15) is 0 Å². The maximum Gasteiger partial charge on any atom is 0.236 e. The molecule has 0 aromatic heterocycles. The maximum absolute atomic E-state index is 12.3. The normalized spacial score (nSPS) is 25.6. The van der Waals surface area contributed by atoms with Gasteiger partial charge in [0.2, 0.25) is 5.91 Å². The highest BCUT2D eigenvalue weighted by atomic mass is 16.2. The summed E-state index contributed by atoms with van der Waals surface area (Å²) in [4.78, 5) is 16.2. The predicted molar refractivity (Wildman–Crippen MR) is 85.7 cm³/mol. The molecule has 0 heterocycles. The van der Waals surface area contributed by atoms with E-state index in [0.29, 0.717) is 6.54 Å². The van der Waals surface area contributed by atoms with Crippen LogP contribution in [0.4, 0.5) is 0 Å². The van der Waals surface area contributed by atoms with Crippen LogP contribution in [0.25, 0.3) is 0 Å². The maximum atomic E-state index is 12.3. The van der Waals surface area contributed by atoms with E-state index >= 15 is 0 Å². The lowest BCUT2D eigenvalue weighted by atomic mass is 9.76. The Morgan fingerprint density at radius 2 is 1.90 bits per heavy atom. The molecule has 1 rings (SSSR count). The number of rotatable bonds is 7. The first-order chi connectivity index (χ1) is 10.1. The zero-order valence-electron chi connectivity index (χ0n) is 14.1. The highest BCUT2D eigenvalue weighted by Crippen LogP contribution is 2.34. The Morgan fingerprint density at radius 3 is 2.43 bits per heavy atom. The zero-order chi connectivity index (χ0) is 15.8. The van der Waals surface area contributed by atoms with Gasteiger partial charge in [-0.05, 0) is 46.1 Å². The van der Waals surface area contributed by atoms with Crippen LogP contribution in [-0.4, -0.2) is 48.4 Å². The van der Waals surface area contributed by atoms with Crippen molar-refractivity contribution < 1.29 is 4.79 Å². The lowest BCUT2D eigenvalue weighted by molar-refractivity contribution is -0.132. The summed E-state index contributed by atoms with van der Waals surface area (Å²) in [6.45, 7) is 8.19. The van der Waals surface area contributed by atoms with Crippen LogP contribution in [0, 0.1) is 23.2 Å². The van der Waals surface area contributed by atoms with E-state index in [-0.39, 0.29) is 17.9 Å². The van der Waals surface area contributed by atoms with Gasteiger partial charge in [-0.3, -0.25) is 9.69 Å². The summed E-state index contributed by atoms with van der Waals surface area (Å²) < 4.78 is 0. The van der Waals surface area contributed by atoms with E-state index in [1.807, 2.05) is 25.8 Å². The molecule has 0 aliphatic heterocycles. The Bertz CT molecular complexity index is 360. The second-order valence-corrected chi connectivity index (χ2v) is 6.25. The number of carbonyl (C=O) groups is 1. The van der Waals surface area contributed by atoms with Crippen molar-refractivity contribution in [3.05, 3.63) is 0 Å². The van der Waals surface area contributed by atoms with Crippen molar-refractivity contribution in [2.75, 3.05) is 26.7 Å². The summed E-state index contributed by atoms with van der Waals surface area (Å²) in [7, 11) is 2.00. The molecular formula is C17H31N3O. The fraction of sp³-hybridized carbons (Fsp3) is 0.882. The van der Waals surface area contributed by atoms with Crippen molar-refractivity contribution in [2.24, 2.45) is 11.8 Å². The Kier molecular flexibility index (Phi) is 7.74. The first-order valence-electron chi connectivity index (χ1n) is 8.44. The van der Waals surface area contributed by atoms with Crippen LogP contribution in [0.2, 0.25) is 0 Å². The Balaban J connectivity index is 2.65. The van der Waals surface area contributed by atoms with Gasteiger partial charge in [-0.1, -0.05) is 19.8 Å². The fourth-order valence-electron chi connectivity index (χ4n) is 3.55. The molecule has 0 aromatic carbocycles. The predicted octanol–water partition coefficient (Wildman–Crippen LogP) is 2.90. The number of carbonyl (C=O) groups excluding carboxylic acids is 1. The molecular weight excluding hydrogens is 262 g/mol. The van der Waals surface area contributed by atoms with Crippen LogP contribution in [0.1, 0.15) is 52.9 Å². The Hall–Kier alpha value is -1.08. The van der Waals surface area contributed by atoms with Crippen molar-refractivity contribution in [2.45, 2.75) is 58.9 Å². The third kappa shape index (κ3) is 5.00. The summed E-state index contributed by atoms with van der Waals surface area (Å²) >= 11 is 0. The number of hydrogen-bond acceptors (Lipinski definition) is 3. The molecule has 0 spiro atoms. The summed E-state index contributed by atoms with van der Waals surface area (Å²) in [5.74, 6) is 0.972. The van der Waals surface area contributed by atoms with Crippen molar-refractivity contribution in [1.29, 1.82) is 5.26 Å². The quantitative estimate of drug-likeness (QED) is 0.725. The topological polar surface area (TPSA) is 47.3 Å². The van der Waals surface area contributed by atoms with Gasteiger partial charge in [-0.25, -0.2) is 0 Å². The first kappa shape index (κ1) is 18.0. The molecule has 1 amide bonds. The monoisotopic (exact) mass is 293 g/mol. The van der Waals surface area contributed by atoms with Crippen LogP contribution in [0.15, 0.2) is 0 Å². The molecule has 0 N–H and O–H groups in total. The van der Waals surface area contributed by atoms with E-state index in [4.69, 9.17) is 0 Å². The van der Waals surface area contributed by atoms with Crippen LogP contribution in [0.3, 0.4) is 0 Å².